The van der Waals surface area contributed by atoms with E-state index < -0.39 is 0 Å². The molecule has 2 aromatic carbocycles. The highest BCUT2D eigenvalue weighted by molar-refractivity contribution is 7.98. The van der Waals surface area contributed by atoms with Crippen LogP contribution >= 0.6 is 11.8 Å². The summed E-state index contributed by atoms with van der Waals surface area (Å²) in [5.74, 6) is 1.19. The maximum atomic E-state index is 6.07. The topological polar surface area (TPSA) is 63.8 Å². The van der Waals surface area contributed by atoms with Crippen molar-refractivity contribution in [2.45, 2.75) is 43.0 Å². The van der Waals surface area contributed by atoms with E-state index in [-0.39, 0.29) is 0 Å². The van der Waals surface area contributed by atoms with Crippen LogP contribution in [0.3, 0.4) is 0 Å². The minimum atomic E-state index is 0.323. The SMILES string of the molecule is CSc1cccc(-c2cccc3c(NC4CCCCC4)nc(N)nc23)c1. The molecule has 0 saturated heterocycles. The van der Waals surface area contributed by atoms with Crippen LogP contribution in [0.5, 0.6) is 0 Å². The molecule has 1 aliphatic carbocycles. The Bertz CT molecular complexity index is 919. The lowest BCUT2D eigenvalue weighted by atomic mass is 9.95. The number of thioether (sulfide) groups is 1. The number of nitrogens with zero attached hydrogens (tertiary/aromatic N) is 2. The van der Waals surface area contributed by atoms with Gasteiger partial charge in [0.1, 0.15) is 5.82 Å². The largest absolute Gasteiger partial charge is 0.368 e. The lowest BCUT2D eigenvalue weighted by molar-refractivity contribution is 0.462. The summed E-state index contributed by atoms with van der Waals surface area (Å²) < 4.78 is 0. The first-order chi connectivity index (χ1) is 12.7. The lowest BCUT2D eigenvalue weighted by Crippen LogP contribution is -2.23. The van der Waals surface area contributed by atoms with E-state index in [1.165, 1.54) is 37.0 Å². The second-order valence-corrected chi connectivity index (χ2v) is 7.72. The molecule has 0 unspecified atom stereocenters. The third-order valence-corrected chi connectivity index (χ3v) is 5.80. The molecule has 0 atom stereocenters. The number of hydrogen-bond donors (Lipinski definition) is 2. The molecule has 1 saturated carbocycles. The van der Waals surface area contributed by atoms with E-state index in [0.717, 1.165) is 27.8 Å². The van der Waals surface area contributed by atoms with E-state index in [2.05, 4.69) is 64.0 Å². The molecule has 26 heavy (non-hydrogen) atoms. The minimum Gasteiger partial charge on any atom is -0.368 e. The Morgan fingerprint density at radius 2 is 1.85 bits per heavy atom. The molecule has 1 heterocycles. The van der Waals surface area contributed by atoms with Gasteiger partial charge < -0.3 is 11.1 Å². The average molecular weight is 365 g/mol. The van der Waals surface area contributed by atoms with Gasteiger partial charge >= 0.3 is 0 Å². The minimum absolute atomic E-state index is 0.323. The fraction of sp³-hybridized carbons (Fsp3) is 0.333. The van der Waals surface area contributed by atoms with E-state index in [1.54, 1.807) is 11.8 Å². The molecule has 1 aromatic heterocycles. The molecule has 5 heteroatoms. The summed E-state index contributed by atoms with van der Waals surface area (Å²) in [5, 5.41) is 4.67. The van der Waals surface area contributed by atoms with E-state index in [1.807, 2.05) is 0 Å². The highest BCUT2D eigenvalue weighted by atomic mass is 32.2. The molecular weight excluding hydrogens is 340 g/mol. The zero-order valence-electron chi connectivity index (χ0n) is 15.0. The van der Waals surface area contributed by atoms with Gasteiger partial charge in [0.05, 0.1) is 5.52 Å². The number of para-hydroxylation sites is 1. The molecular formula is C21H24N4S. The summed E-state index contributed by atoms with van der Waals surface area (Å²) in [5.41, 5.74) is 9.23. The second-order valence-electron chi connectivity index (χ2n) is 6.84. The summed E-state index contributed by atoms with van der Waals surface area (Å²) in [6, 6.07) is 15.3. The highest BCUT2D eigenvalue weighted by Gasteiger charge is 2.17. The summed E-state index contributed by atoms with van der Waals surface area (Å²) in [7, 11) is 0. The first kappa shape index (κ1) is 17.2. The number of fused-ring (bicyclic) bond motifs is 1. The standard InChI is InChI=1S/C21H24N4S/c1-26-16-10-5-7-14(13-16)17-11-6-12-18-19(17)24-21(22)25-20(18)23-15-8-3-2-4-9-15/h5-7,10-13,15H,2-4,8-9H2,1H3,(H3,22,23,24,25). The van der Waals surface area contributed by atoms with Crippen LogP contribution in [0.4, 0.5) is 11.8 Å². The fourth-order valence-corrected chi connectivity index (χ4v) is 4.20. The Balaban J connectivity index is 1.80. The quantitative estimate of drug-likeness (QED) is 0.611. The van der Waals surface area contributed by atoms with Gasteiger partial charge in [-0.25, -0.2) is 4.98 Å². The Labute approximate surface area is 158 Å². The van der Waals surface area contributed by atoms with Crippen molar-refractivity contribution in [3.8, 4) is 11.1 Å². The van der Waals surface area contributed by atoms with Crippen molar-refractivity contribution >= 4 is 34.4 Å². The van der Waals surface area contributed by atoms with Crippen LogP contribution in [0.15, 0.2) is 47.4 Å². The third kappa shape index (κ3) is 3.49. The molecule has 134 valence electrons. The van der Waals surface area contributed by atoms with E-state index in [4.69, 9.17) is 5.73 Å². The van der Waals surface area contributed by atoms with Gasteiger partial charge in [0.2, 0.25) is 5.95 Å². The predicted molar refractivity (Wildman–Crippen MR) is 112 cm³/mol. The van der Waals surface area contributed by atoms with Crippen LogP contribution < -0.4 is 11.1 Å². The van der Waals surface area contributed by atoms with Gasteiger partial charge in [-0.3, -0.25) is 0 Å². The zero-order valence-corrected chi connectivity index (χ0v) is 15.9. The van der Waals surface area contributed by atoms with Crippen molar-refractivity contribution in [3.05, 3.63) is 42.5 Å². The van der Waals surface area contributed by atoms with Crippen LogP contribution in [0.25, 0.3) is 22.0 Å². The number of anilines is 2. The molecule has 3 N–H and O–H groups in total. The Kier molecular flexibility index (Phi) is 4.98. The van der Waals surface area contributed by atoms with E-state index in [9.17, 15) is 0 Å². The van der Waals surface area contributed by atoms with Crippen LogP contribution in [-0.2, 0) is 0 Å². The molecule has 0 radical (unpaired) electrons. The Morgan fingerprint density at radius 1 is 1.04 bits per heavy atom. The normalized spacial score (nSPS) is 15.3. The van der Waals surface area contributed by atoms with Gasteiger partial charge in [0.25, 0.3) is 0 Å². The second kappa shape index (κ2) is 7.54. The smallest absolute Gasteiger partial charge is 0.222 e. The van der Waals surface area contributed by atoms with E-state index in [0.29, 0.717) is 12.0 Å². The summed E-state index contributed by atoms with van der Waals surface area (Å²) in [4.78, 5) is 10.3. The summed E-state index contributed by atoms with van der Waals surface area (Å²) >= 11 is 1.74. The molecule has 0 bridgehead atoms. The van der Waals surface area contributed by atoms with Crippen molar-refractivity contribution in [2.75, 3.05) is 17.3 Å². The van der Waals surface area contributed by atoms with Gasteiger partial charge in [-0.1, -0.05) is 43.5 Å². The van der Waals surface area contributed by atoms with Crippen LogP contribution in [0.2, 0.25) is 0 Å². The Morgan fingerprint density at radius 3 is 2.65 bits per heavy atom. The molecule has 3 aromatic rings. The summed E-state index contributed by atoms with van der Waals surface area (Å²) in [6.45, 7) is 0. The fourth-order valence-electron chi connectivity index (χ4n) is 3.74. The number of nitrogens with one attached hydrogen (secondary N) is 1. The molecule has 1 fully saturated rings. The molecule has 4 rings (SSSR count). The number of nitrogen functional groups attached to an aromatic ring is 1. The number of nitrogens with two attached hydrogens (primary N) is 1. The van der Waals surface area contributed by atoms with E-state index >= 15 is 0 Å². The molecule has 0 aliphatic heterocycles. The van der Waals surface area contributed by atoms with Crippen molar-refractivity contribution in [1.82, 2.24) is 9.97 Å². The monoisotopic (exact) mass is 364 g/mol. The van der Waals surface area contributed by atoms with Crippen molar-refractivity contribution in [1.29, 1.82) is 0 Å². The number of benzene rings is 2. The van der Waals surface area contributed by atoms with Crippen LogP contribution in [0, 0.1) is 0 Å². The highest BCUT2D eigenvalue weighted by Crippen LogP contribution is 2.33. The third-order valence-electron chi connectivity index (χ3n) is 5.07. The van der Waals surface area contributed by atoms with Gasteiger partial charge in [0, 0.05) is 21.9 Å². The average Bonchev–Trinajstić information content (AvgIpc) is 2.68. The van der Waals surface area contributed by atoms with Gasteiger partial charge in [-0.15, -0.1) is 11.8 Å². The summed E-state index contributed by atoms with van der Waals surface area (Å²) in [6.07, 6.45) is 8.38. The molecule has 0 amide bonds. The Hall–Kier alpha value is -2.27. The van der Waals surface area contributed by atoms with Crippen molar-refractivity contribution < 1.29 is 0 Å². The first-order valence-corrected chi connectivity index (χ1v) is 10.4. The lowest BCUT2D eigenvalue weighted by Gasteiger charge is -2.24. The maximum Gasteiger partial charge on any atom is 0.222 e. The van der Waals surface area contributed by atoms with Gasteiger partial charge in [0.15, 0.2) is 0 Å². The first-order valence-electron chi connectivity index (χ1n) is 9.22. The zero-order chi connectivity index (χ0) is 17.9. The van der Waals surface area contributed by atoms with Crippen molar-refractivity contribution in [2.24, 2.45) is 0 Å². The van der Waals surface area contributed by atoms with Crippen LogP contribution in [-0.4, -0.2) is 22.3 Å². The van der Waals surface area contributed by atoms with Gasteiger partial charge in [-0.05, 0) is 42.9 Å². The number of rotatable bonds is 4. The number of aromatic nitrogens is 2. The van der Waals surface area contributed by atoms with Crippen molar-refractivity contribution in [3.63, 3.8) is 0 Å². The number of hydrogen-bond acceptors (Lipinski definition) is 5. The predicted octanol–water partition coefficient (Wildman–Crippen LogP) is 5.35. The van der Waals surface area contributed by atoms with Gasteiger partial charge in [-0.2, -0.15) is 4.98 Å². The molecule has 4 nitrogen and oxygen atoms in total. The molecule has 0 spiro atoms. The maximum absolute atomic E-state index is 6.07. The van der Waals surface area contributed by atoms with Crippen LogP contribution in [0.1, 0.15) is 32.1 Å². The molecule has 1 aliphatic rings.